The summed E-state index contributed by atoms with van der Waals surface area (Å²) in [7, 11) is 0. The van der Waals surface area contributed by atoms with Crippen molar-refractivity contribution in [3.8, 4) is 17.2 Å². The fourth-order valence-electron chi connectivity index (χ4n) is 1.55. The summed E-state index contributed by atoms with van der Waals surface area (Å²) in [4.78, 5) is 14.8. The maximum Gasteiger partial charge on any atom is 0.231 e. The predicted octanol–water partition coefficient (Wildman–Crippen LogP) is 1.19. The van der Waals surface area contributed by atoms with Gasteiger partial charge in [0.15, 0.2) is 24.4 Å². The third-order valence-electron chi connectivity index (χ3n) is 2.40. The van der Waals surface area contributed by atoms with Crippen LogP contribution in [0, 0.1) is 0 Å². The molecule has 7 nitrogen and oxygen atoms in total. The molecule has 0 spiro atoms. The van der Waals surface area contributed by atoms with Gasteiger partial charge in [0.1, 0.15) is 5.75 Å². The number of nitrogens with zero attached hydrogens (tertiary/aromatic N) is 2. The number of aldehydes is 1. The molecule has 0 aliphatic carbocycles. The molecule has 0 bridgehead atoms. The van der Waals surface area contributed by atoms with Crippen molar-refractivity contribution in [2.45, 2.75) is 6.61 Å². The van der Waals surface area contributed by atoms with E-state index < -0.39 is 0 Å². The van der Waals surface area contributed by atoms with Crippen LogP contribution in [0.25, 0.3) is 0 Å². The Morgan fingerprint density at radius 3 is 2.89 bits per heavy atom. The topological polar surface area (TPSA) is 83.7 Å². The molecule has 18 heavy (non-hydrogen) atoms. The molecule has 1 aromatic carbocycles. The Kier molecular flexibility index (Phi) is 2.56. The van der Waals surface area contributed by atoms with Gasteiger partial charge in [-0.1, -0.05) is 5.16 Å². The van der Waals surface area contributed by atoms with E-state index in [1.807, 2.05) is 0 Å². The normalized spacial score (nSPS) is 12.4. The van der Waals surface area contributed by atoms with Crippen LogP contribution in [-0.4, -0.2) is 23.2 Å². The summed E-state index contributed by atoms with van der Waals surface area (Å²) in [6, 6.07) is 3.17. The van der Waals surface area contributed by atoms with Crippen molar-refractivity contribution in [1.82, 2.24) is 10.1 Å². The van der Waals surface area contributed by atoms with Gasteiger partial charge in [0.05, 0.1) is 5.56 Å². The molecule has 1 aromatic heterocycles. The Morgan fingerprint density at radius 2 is 2.17 bits per heavy atom. The highest BCUT2D eigenvalue weighted by atomic mass is 16.7. The first-order valence-electron chi connectivity index (χ1n) is 5.13. The van der Waals surface area contributed by atoms with Crippen molar-refractivity contribution < 1.29 is 23.5 Å². The first-order valence-corrected chi connectivity index (χ1v) is 5.13. The Balaban J connectivity index is 1.84. The van der Waals surface area contributed by atoms with Gasteiger partial charge in [-0.05, 0) is 6.07 Å². The zero-order valence-corrected chi connectivity index (χ0v) is 9.16. The van der Waals surface area contributed by atoms with Crippen molar-refractivity contribution in [3.63, 3.8) is 0 Å². The molecule has 0 saturated carbocycles. The smallest absolute Gasteiger partial charge is 0.231 e. The summed E-state index contributed by atoms with van der Waals surface area (Å²) in [6.07, 6.45) is 1.90. The molecule has 0 radical (unpaired) electrons. The molecule has 0 unspecified atom stereocenters. The van der Waals surface area contributed by atoms with Crippen LogP contribution >= 0.6 is 0 Å². The predicted molar refractivity (Wildman–Crippen MR) is 56.6 cm³/mol. The SMILES string of the molecule is O=Cc1cc2c(cc1OCc1ncon1)OCO2. The molecule has 2 aromatic rings. The van der Waals surface area contributed by atoms with E-state index in [0.717, 1.165) is 0 Å². The van der Waals surface area contributed by atoms with E-state index in [9.17, 15) is 4.79 Å². The number of benzene rings is 1. The van der Waals surface area contributed by atoms with Gasteiger partial charge in [0.2, 0.25) is 19.0 Å². The van der Waals surface area contributed by atoms with E-state index in [-0.39, 0.29) is 13.4 Å². The molecule has 0 saturated heterocycles. The third kappa shape index (κ3) is 1.86. The largest absolute Gasteiger partial charge is 0.485 e. The number of rotatable bonds is 4. The molecule has 0 fully saturated rings. The summed E-state index contributed by atoms with van der Waals surface area (Å²) in [5.41, 5.74) is 0.378. The number of aromatic nitrogens is 2. The quantitative estimate of drug-likeness (QED) is 0.751. The van der Waals surface area contributed by atoms with Crippen LogP contribution in [0.15, 0.2) is 23.0 Å². The average molecular weight is 248 g/mol. The Morgan fingerprint density at radius 1 is 1.33 bits per heavy atom. The maximum atomic E-state index is 11.0. The van der Waals surface area contributed by atoms with Crippen molar-refractivity contribution in [2.75, 3.05) is 6.79 Å². The molecule has 3 rings (SSSR count). The van der Waals surface area contributed by atoms with Gasteiger partial charge < -0.3 is 18.7 Å². The monoisotopic (exact) mass is 248 g/mol. The molecular weight excluding hydrogens is 240 g/mol. The van der Waals surface area contributed by atoms with E-state index in [1.54, 1.807) is 12.1 Å². The van der Waals surface area contributed by atoms with Gasteiger partial charge in [-0.3, -0.25) is 4.79 Å². The minimum Gasteiger partial charge on any atom is -0.485 e. The molecular formula is C11H8N2O5. The number of carbonyl (C=O) groups is 1. The van der Waals surface area contributed by atoms with Crippen molar-refractivity contribution >= 4 is 6.29 Å². The highest BCUT2D eigenvalue weighted by Gasteiger charge is 2.18. The average Bonchev–Trinajstić information content (AvgIpc) is 3.05. The third-order valence-corrected chi connectivity index (χ3v) is 2.40. The Hall–Kier alpha value is -2.57. The van der Waals surface area contributed by atoms with Gasteiger partial charge in [-0.25, -0.2) is 0 Å². The molecule has 2 heterocycles. The molecule has 0 atom stereocenters. The van der Waals surface area contributed by atoms with Crippen LogP contribution in [0.4, 0.5) is 0 Å². The second-order valence-corrected chi connectivity index (χ2v) is 3.50. The molecule has 0 amide bonds. The number of hydrogen-bond donors (Lipinski definition) is 0. The minimum atomic E-state index is 0.108. The number of carbonyl (C=O) groups excluding carboxylic acids is 1. The van der Waals surface area contributed by atoms with Crippen LogP contribution < -0.4 is 14.2 Å². The summed E-state index contributed by atoms with van der Waals surface area (Å²) >= 11 is 0. The zero-order chi connectivity index (χ0) is 12.4. The fourth-order valence-corrected chi connectivity index (χ4v) is 1.55. The first kappa shape index (κ1) is 10.6. The van der Waals surface area contributed by atoms with Gasteiger partial charge in [-0.2, -0.15) is 4.98 Å². The number of hydrogen-bond acceptors (Lipinski definition) is 7. The van der Waals surface area contributed by atoms with Gasteiger partial charge >= 0.3 is 0 Å². The Bertz CT molecular complexity index is 567. The lowest BCUT2D eigenvalue weighted by Crippen LogP contribution is -2.00. The lowest BCUT2D eigenvalue weighted by molar-refractivity contribution is 0.111. The van der Waals surface area contributed by atoms with Crippen LogP contribution in [0.5, 0.6) is 17.2 Å². The molecule has 92 valence electrons. The van der Waals surface area contributed by atoms with Crippen LogP contribution in [0.3, 0.4) is 0 Å². The molecule has 0 N–H and O–H groups in total. The van der Waals surface area contributed by atoms with E-state index >= 15 is 0 Å². The standard InChI is InChI=1S/C11H8N2O5/c14-3-7-1-9-10(17-6-16-9)2-8(7)15-4-11-12-5-18-13-11/h1-3,5H,4,6H2. The highest BCUT2D eigenvalue weighted by Crippen LogP contribution is 2.37. The molecule has 7 heteroatoms. The van der Waals surface area contributed by atoms with Gasteiger partial charge in [0.25, 0.3) is 0 Å². The van der Waals surface area contributed by atoms with Crippen molar-refractivity contribution in [2.24, 2.45) is 0 Å². The van der Waals surface area contributed by atoms with Gasteiger partial charge in [-0.15, -0.1) is 0 Å². The van der Waals surface area contributed by atoms with Crippen LogP contribution in [0.1, 0.15) is 16.2 Å². The lowest BCUT2D eigenvalue weighted by atomic mass is 10.2. The number of fused-ring (bicyclic) bond motifs is 1. The van der Waals surface area contributed by atoms with Gasteiger partial charge in [0, 0.05) is 6.07 Å². The van der Waals surface area contributed by atoms with E-state index in [4.69, 9.17) is 14.2 Å². The van der Waals surface area contributed by atoms with Crippen LogP contribution in [0.2, 0.25) is 0 Å². The lowest BCUT2D eigenvalue weighted by Gasteiger charge is -2.07. The molecule has 1 aliphatic heterocycles. The van der Waals surface area contributed by atoms with E-state index in [1.165, 1.54) is 6.39 Å². The van der Waals surface area contributed by atoms with Crippen molar-refractivity contribution in [1.29, 1.82) is 0 Å². The zero-order valence-electron chi connectivity index (χ0n) is 9.16. The first-order chi connectivity index (χ1) is 8.86. The van der Waals surface area contributed by atoms with E-state index in [2.05, 4.69) is 14.7 Å². The maximum absolute atomic E-state index is 11.0. The summed E-state index contributed by atoms with van der Waals surface area (Å²) in [5, 5.41) is 3.60. The Labute approximate surface area is 101 Å². The summed E-state index contributed by atoms with van der Waals surface area (Å²) < 4.78 is 20.4. The van der Waals surface area contributed by atoms with Crippen LogP contribution in [-0.2, 0) is 6.61 Å². The molecule has 1 aliphatic rings. The number of ether oxygens (including phenoxy) is 3. The second kappa shape index (κ2) is 4.36. The summed E-state index contributed by atoms with van der Waals surface area (Å²) in [5.74, 6) is 1.86. The van der Waals surface area contributed by atoms with Crippen molar-refractivity contribution in [3.05, 3.63) is 29.9 Å². The second-order valence-electron chi connectivity index (χ2n) is 3.50. The fraction of sp³-hybridized carbons (Fsp3) is 0.182. The minimum absolute atomic E-state index is 0.108. The summed E-state index contributed by atoms with van der Waals surface area (Å²) in [6.45, 7) is 0.249. The van der Waals surface area contributed by atoms with E-state index in [0.29, 0.717) is 34.9 Å². The highest BCUT2D eigenvalue weighted by molar-refractivity contribution is 5.81.